The van der Waals surface area contributed by atoms with E-state index in [0.29, 0.717) is 0 Å². The van der Waals surface area contributed by atoms with E-state index >= 15 is 0 Å². The van der Waals surface area contributed by atoms with E-state index in [1.165, 1.54) is 23.8 Å². The molecular formula is C14H18Cl3NO6S. The van der Waals surface area contributed by atoms with Gasteiger partial charge < -0.3 is 19.1 Å². The Morgan fingerprint density at radius 1 is 1.36 bits per heavy atom. The van der Waals surface area contributed by atoms with E-state index in [1.807, 2.05) is 13.8 Å². The van der Waals surface area contributed by atoms with E-state index in [4.69, 9.17) is 49.0 Å². The number of methoxy groups -OCH3 is 1. The summed E-state index contributed by atoms with van der Waals surface area (Å²) in [4.78, 5) is 37.7. The Bertz CT molecular complexity index is 581. The van der Waals surface area contributed by atoms with Crippen molar-refractivity contribution in [3.8, 4) is 0 Å². The smallest absolute Gasteiger partial charge is 0.467 e. The average molecular weight is 435 g/mol. The van der Waals surface area contributed by atoms with Crippen LogP contribution in [0.1, 0.15) is 20.8 Å². The summed E-state index contributed by atoms with van der Waals surface area (Å²) in [5.41, 5.74) is 0. The lowest BCUT2D eigenvalue weighted by molar-refractivity contribution is -0.170. The number of hydrogen-bond donors (Lipinski definition) is 0. The number of nitrogens with zero attached hydrogens (tertiary/aromatic N) is 1. The van der Waals surface area contributed by atoms with Crippen molar-refractivity contribution in [2.45, 2.75) is 46.8 Å². The lowest BCUT2D eigenvalue weighted by Crippen LogP contribution is -2.65. The Hall–Kier alpha value is -0.570. The second-order valence-electron chi connectivity index (χ2n) is 6.29. The van der Waals surface area contributed by atoms with Crippen LogP contribution in [0.15, 0.2) is 0 Å². The first-order valence-corrected chi connectivity index (χ1v) is 9.38. The van der Waals surface area contributed by atoms with Crippen molar-refractivity contribution in [1.82, 2.24) is 4.90 Å². The van der Waals surface area contributed by atoms with Crippen molar-refractivity contribution in [2.75, 3.05) is 13.7 Å². The van der Waals surface area contributed by atoms with Gasteiger partial charge in [0, 0.05) is 4.75 Å². The number of β-lactam (4-membered cyclic amide) rings is 1. The third kappa shape index (κ3) is 4.23. The predicted molar refractivity (Wildman–Crippen MR) is 93.8 cm³/mol. The molecule has 1 amide bonds. The van der Waals surface area contributed by atoms with Crippen LogP contribution in [0.5, 0.6) is 0 Å². The molecule has 25 heavy (non-hydrogen) atoms. The van der Waals surface area contributed by atoms with Crippen molar-refractivity contribution in [3.63, 3.8) is 0 Å². The molecule has 4 atom stereocenters. The van der Waals surface area contributed by atoms with Gasteiger partial charge in [-0.1, -0.05) is 34.8 Å². The van der Waals surface area contributed by atoms with Gasteiger partial charge >= 0.3 is 12.1 Å². The number of carbonyl (C=O) groups is 3. The van der Waals surface area contributed by atoms with Gasteiger partial charge in [-0.3, -0.25) is 4.79 Å². The third-order valence-corrected chi connectivity index (χ3v) is 5.97. The third-order valence-electron chi connectivity index (χ3n) is 4.05. The van der Waals surface area contributed by atoms with Gasteiger partial charge in [-0.05, 0) is 20.8 Å². The SMILES string of the molecule is COC(=O)[C@@H]1N2C(=O)[C@H](C(C)OC(=O)OCC(Cl)(Cl)Cl)[C@H]2SC1(C)C. The van der Waals surface area contributed by atoms with Crippen molar-refractivity contribution in [2.24, 2.45) is 5.92 Å². The van der Waals surface area contributed by atoms with E-state index in [0.717, 1.165) is 0 Å². The lowest BCUT2D eigenvalue weighted by Gasteiger charge is -2.45. The largest absolute Gasteiger partial charge is 0.508 e. The normalized spacial score (nSPS) is 28.7. The van der Waals surface area contributed by atoms with E-state index in [-0.39, 0.29) is 11.3 Å². The van der Waals surface area contributed by atoms with Crippen LogP contribution >= 0.6 is 46.6 Å². The van der Waals surface area contributed by atoms with E-state index in [2.05, 4.69) is 0 Å². The first-order valence-electron chi connectivity index (χ1n) is 7.37. The maximum absolute atomic E-state index is 12.5. The summed E-state index contributed by atoms with van der Waals surface area (Å²) in [5.74, 6) is -1.33. The molecule has 11 heteroatoms. The Kier molecular flexibility index (Phi) is 5.98. The van der Waals surface area contributed by atoms with Crippen LogP contribution in [0.25, 0.3) is 0 Å². The van der Waals surface area contributed by atoms with Gasteiger partial charge in [-0.25, -0.2) is 9.59 Å². The Morgan fingerprint density at radius 3 is 2.48 bits per heavy atom. The van der Waals surface area contributed by atoms with Crippen LogP contribution in [-0.2, 0) is 23.8 Å². The van der Waals surface area contributed by atoms with E-state index < -0.39 is 45.3 Å². The van der Waals surface area contributed by atoms with Crippen LogP contribution < -0.4 is 0 Å². The molecule has 2 rings (SSSR count). The number of amides is 1. The number of rotatable bonds is 4. The molecule has 142 valence electrons. The zero-order valence-corrected chi connectivity index (χ0v) is 17.0. The summed E-state index contributed by atoms with van der Waals surface area (Å²) in [7, 11) is 1.28. The van der Waals surface area contributed by atoms with Crippen LogP contribution in [0.4, 0.5) is 4.79 Å². The quantitative estimate of drug-likeness (QED) is 0.382. The number of hydrogen-bond acceptors (Lipinski definition) is 7. The molecule has 1 unspecified atom stereocenters. The minimum absolute atomic E-state index is 0.278. The highest BCUT2D eigenvalue weighted by atomic mass is 35.6. The fourth-order valence-corrected chi connectivity index (χ4v) is 4.91. The molecule has 2 heterocycles. The van der Waals surface area contributed by atoms with Gasteiger partial charge in [0.25, 0.3) is 0 Å². The zero-order chi connectivity index (χ0) is 19.2. The molecule has 0 spiro atoms. The van der Waals surface area contributed by atoms with Crippen LogP contribution in [0, 0.1) is 5.92 Å². The van der Waals surface area contributed by atoms with Crippen molar-refractivity contribution in [3.05, 3.63) is 0 Å². The van der Waals surface area contributed by atoms with E-state index in [9.17, 15) is 14.4 Å². The summed E-state index contributed by atoms with van der Waals surface area (Å²) in [6.45, 7) is 4.84. The lowest BCUT2D eigenvalue weighted by atomic mass is 9.88. The fraction of sp³-hybridized carbons (Fsp3) is 0.786. The molecule has 2 aliphatic heterocycles. The summed E-state index contributed by atoms with van der Waals surface area (Å²) >= 11 is 17.9. The molecule has 7 nitrogen and oxygen atoms in total. The highest BCUT2D eigenvalue weighted by Crippen LogP contribution is 2.54. The maximum Gasteiger partial charge on any atom is 0.508 e. The molecule has 0 aromatic rings. The van der Waals surface area contributed by atoms with Gasteiger partial charge in [0.15, 0.2) is 0 Å². The number of carbonyl (C=O) groups excluding carboxylic acids is 3. The molecule has 0 aromatic carbocycles. The standard InChI is InChI=1S/C14H18Cl3NO6S/c1-6(24-12(21)23-5-14(15,16)17)7-9(19)18-8(11(20)22-4)13(2,3)25-10(7)18/h6-8,10H,5H2,1-4H3/t6?,7-,8-,10+/m0/s1. The molecule has 2 saturated heterocycles. The Morgan fingerprint density at radius 2 is 1.96 bits per heavy atom. The van der Waals surface area contributed by atoms with Crippen LogP contribution in [0.2, 0.25) is 0 Å². The van der Waals surface area contributed by atoms with Gasteiger partial charge in [-0.2, -0.15) is 0 Å². The van der Waals surface area contributed by atoms with E-state index in [1.54, 1.807) is 6.92 Å². The molecule has 2 aliphatic rings. The first kappa shape index (κ1) is 20.7. The van der Waals surface area contributed by atoms with Gasteiger partial charge in [-0.15, -0.1) is 11.8 Å². The zero-order valence-electron chi connectivity index (χ0n) is 14.0. The summed E-state index contributed by atoms with van der Waals surface area (Å²) in [5, 5.41) is -0.289. The van der Waals surface area contributed by atoms with Crippen LogP contribution in [0.3, 0.4) is 0 Å². The number of alkyl halides is 3. The topological polar surface area (TPSA) is 82.1 Å². The van der Waals surface area contributed by atoms with Crippen molar-refractivity contribution in [1.29, 1.82) is 0 Å². The minimum atomic E-state index is -1.75. The molecule has 0 bridgehead atoms. The van der Waals surface area contributed by atoms with Gasteiger partial charge in [0.1, 0.15) is 24.7 Å². The maximum atomic E-state index is 12.5. The second-order valence-corrected chi connectivity index (χ2v) is 10.6. The van der Waals surface area contributed by atoms with Gasteiger partial charge in [0.2, 0.25) is 9.70 Å². The molecule has 0 saturated carbocycles. The minimum Gasteiger partial charge on any atom is -0.467 e. The summed E-state index contributed by atoms with van der Waals surface area (Å²) in [6.07, 6.45) is -1.78. The molecular weight excluding hydrogens is 417 g/mol. The molecule has 0 aromatic heterocycles. The Balaban J connectivity index is 2.00. The molecule has 0 aliphatic carbocycles. The fourth-order valence-electron chi connectivity index (χ4n) is 2.97. The van der Waals surface area contributed by atoms with Crippen molar-refractivity contribution < 1.29 is 28.6 Å². The highest BCUT2D eigenvalue weighted by Gasteiger charge is 2.65. The van der Waals surface area contributed by atoms with Gasteiger partial charge in [0.05, 0.1) is 12.5 Å². The molecule has 0 N–H and O–H groups in total. The number of esters is 1. The monoisotopic (exact) mass is 433 g/mol. The number of ether oxygens (including phenoxy) is 3. The number of fused-ring (bicyclic) bond motifs is 1. The number of thioether (sulfide) groups is 1. The predicted octanol–water partition coefficient (Wildman–Crippen LogP) is 2.75. The molecule has 0 radical (unpaired) electrons. The average Bonchev–Trinajstić information content (AvgIpc) is 2.71. The summed E-state index contributed by atoms with van der Waals surface area (Å²) in [6, 6.07) is -0.681. The first-order chi connectivity index (χ1) is 11.4. The second kappa shape index (κ2) is 7.21. The number of halogens is 3. The summed E-state index contributed by atoms with van der Waals surface area (Å²) < 4.78 is 12.3. The highest BCUT2D eigenvalue weighted by molar-refractivity contribution is 8.01. The van der Waals surface area contributed by atoms with Crippen LogP contribution in [-0.4, -0.2) is 62.7 Å². The molecule has 2 fully saturated rings. The van der Waals surface area contributed by atoms with Crippen molar-refractivity contribution >= 4 is 64.6 Å². The Labute approximate surface area is 164 Å².